The van der Waals surface area contributed by atoms with Crippen LogP contribution in [0.25, 0.3) is 43.6 Å². The molecule has 0 spiro atoms. The van der Waals surface area contributed by atoms with E-state index in [0.717, 1.165) is 104 Å². The molecule has 1 fully saturated rings. The van der Waals surface area contributed by atoms with Crippen LogP contribution < -0.4 is 28.4 Å². The largest absolute Gasteiger partial charge is 0.494 e. The monoisotopic (exact) mass is 1130 g/mol. The predicted octanol–water partition coefficient (Wildman–Crippen LogP) is 12.6. The summed E-state index contributed by atoms with van der Waals surface area (Å²) in [7, 11) is 0. The second kappa shape index (κ2) is 31.4. The lowest BCUT2D eigenvalue weighted by atomic mass is 9.82. The molecule has 1 heterocycles. The molecule has 17 nitrogen and oxygen atoms in total. The molecule has 1 saturated carbocycles. The van der Waals surface area contributed by atoms with E-state index in [1.807, 2.05) is 48.5 Å². The number of ether oxygens (including phenoxy) is 10. The zero-order valence-electron chi connectivity index (χ0n) is 46.7. The summed E-state index contributed by atoms with van der Waals surface area (Å²) >= 11 is 0. The molecule has 0 bridgehead atoms. The number of carbonyl (C=O) groups excluding carboxylic acids is 5. The summed E-state index contributed by atoms with van der Waals surface area (Å²) in [5.74, 6) is 1.29. The highest BCUT2D eigenvalue weighted by molar-refractivity contribution is 6.24. The minimum Gasteiger partial charge on any atom is -0.494 e. The van der Waals surface area contributed by atoms with E-state index < -0.39 is 23.9 Å². The minimum absolute atomic E-state index is 0.104. The number of hydrogen-bond acceptors (Lipinski definition) is 17. The summed E-state index contributed by atoms with van der Waals surface area (Å²) in [6.07, 6.45) is 13.4. The smallest absolute Gasteiger partial charge is 0.343 e. The molecule has 1 aromatic heterocycles. The molecule has 1 aliphatic rings. The molecule has 17 heteroatoms. The van der Waals surface area contributed by atoms with Crippen molar-refractivity contribution in [3.8, 4) is 34.5 Å². The standard InChI is InChI=1S/C66H70N2O15/c1-4-60(69)78-35-13-9-7-11-33-75-48-21-19-47(20-22-48)66(73)83-53-28-31-55-54-30-27-51(41-56(54)63-64(57(55)42-53)68-59-43-52(29-32-58(59)67-63)77-39-37-74-38-40-80-62(71)6-3)81-44-45-15-17-46(18-16-45)65(72)82-50-25-23-49(24-26-50)76-34-12-8-10-14-36-79-61(70)5-2/h4-6,19-32,41-43,45-46H,1-3,7-18,33-40,44H2. The van der Waals surface area contributed by atoms with Gasteiger partial charge < -0.3 is 47.4 Å². The highest BCUT2D eigenvalue weighted by Gasteiger charge is 2.28. The van der Waals surface area contributed by atoms with Gasteiger partial charge in [-0.05, 0) is 191 Å². The van der Waals surface area contributed by atoms with Crippen molar-refractivity contribution in [1.29, 1.82) is 0 Å². The quantitative estimate of drug-likeness (QED) is 0.00714. The first kappa shape index (κ1) is 60.3. The molecule has 0 atom stereocenters. The average Bonchev–Trinajstić information content (AvgIpc) is 2.33. The van der Waals surface area contributed by atoms with Gasteiger partial charge in [-0.15, -0.1) is 0 Å². The fourth-order valence-electron chi connectivity index (χ4n) is 9.54. The number of unbranched alkanes of at least 4 members (excludes halogenated alkanes) is 6. The third-order valence-electron chi connectivity index (χ3n) is 14.0. The van der Waals surface area contributed by atoms with E-state index in [1.54, 1.807) is 54.6 Å². The number of hydrogen-bond donors (Lipinski definition) is 0. The zero-order chi connectivity index (χ0) is 58.2. The molecule has 0 amide bonds. The van der Waals surface area contributed by atoms with Gasteiger partial charge in [0.1, 0.15) is 47.7 Å². The molecular formula is C66H70N2O15. The van der Waals surface area contributed by atoms with E-state index in [9.17, 15) is 24.0 Å². The summed E-state index contributed by atoms with van der Waals surface area (Å²) in [4.78, 5) is 70.9. The highest BCUT2D eigenvalue weighted by Crippen LogP contribution is 2.39. The maximum Gasteiger partial charge on any atom is 0.343 e. The van der Waals surface area contributed by atoms with Crippen molar-refractivity contribution in [2.45, 2.75) is 77.0 Å². The maximum absolute atomic E-state index is 13.6. The van der Waals surface area contributed by atoms with Gasteiger partial charge in [0.05, 0.1) is 79.8 Å². The van der Waals surface area contributed by atoms with Gasteiger partial charge in [0.2, 0.25) is 0 Å². The van der Waals surface area contributed by atoms with Crippen molar-refractivity contribution < 1.29 is 71.3 Å². The van der Waals surface area contributed by atoms with E-state index >= 15 is 0 Å². The predicted molar refractivity (Wildman–Crippen MR) is 314 cm³/mol. The average molecular weight is 1130 g/mol. The van der Waals surface area contributed by atoms with E-state index in [4.69, 9.17) is 57.3 Å². The fraction of sp³-hybridized carbons (Fsp3) is 0.348. The van der Waals surface area contributed by atoms with Gasteiger partial charge in [-0.2, -0.15) is 0 Å². The van der Waals surface area contributed by atoms with Crippen LogP contribution in [-0.2, 0) is 38.1 Å². The van der Waals surface area contributed by atoms with Crippen LogP contribution in [0.2, 0.25) is 0 Å². The van der Waals surface area contributed by atoms with Gasteiger partial charge in [-0.1, -0.05) is 19.7 Å². The summed E-state index contributed by atoms with van der Waals surface area (Å²) in [5.41, 5.74) is 2.79. The molecule has 83 heavy (non-hydrogen) atoms. The third kappa shape index (κ3) is 18.1. The van der Waals surface area contributed by atoms with Crippen molar-refractivity contribution in [2.24, 2.45) is 11.8 Å². The molecule has 0 N–H and O–H groups in total. The lowest BCUT2D eigenvalue weighted by molar-refractivity contribution is -0.141. The van der Waals surface area contributed by atoms with Crippen LogP contribution in [0.3, 0.4) is 0 Å². The molecule has 0 aliphatic heterocycles. The van der Waals surface area contributed by atoms with Gasteiger partial charge >= 0.3 is 29.8 Å². The Labute approximate surface area is 482 Å². The van der Waals surface area contributed by atoms with Crippen molar-refractivity contribution >= 4 is 73.5 Å². The summed E-state index contributed by atoms with van der Waals surface area (Å²) < 4.78 is 56.6. The summed E-state index contributed by atoms with van der Waals surface area (Å²) in [5, 5.41) is 3.33. The topological polar surface area (TPSA) is 203 Å². The lowest BCUT2D eigenvalue weighted by Gasteiger charge is -2.27. The van der Waals surface area contributed by atoms with Crippen LogP contribution in [0.1, 0.15) is 87.4 Å². The molecule has 7 aromatic rings. The van der Waals surface area contributed by atoms with Gasteiger partial charge in [-0.25, -0.2) is 29.1 Å². The summed E-state index contributed by atoms with van der Waals surface area (Å²) in [6, 6.07) is 30.9. The fourth-order valence-corrected chi connectivity index (χ4v) is 9.54. The van der Waals surface area contributed by atoms with E-state index in [-0.39, 0.29) is 44.2 Å². The Hall–Kier alpha value is -8.83. The molecule has 0 unspecified atom stereocenters. The van der Waals surface area contributed by atoms with Crippen LogP contribution in [0.15, 0.2) is 141 Å². The number of carbonyl (C=O) groups is 5. The number of nitrogens with zero attached hydrogens (tertiary/aromatic N) is 2. The van der Waals surface area contributed by atoms with Crippen molar-refractivity contribution in [3.63, 3.8) is 0 Å². The van der Waals surface area contributed by atoms with E-state index in [0.29, 0.717) is 108 Å². The zero-order valence-corrected chi connectivity index (χ0v) is 46.7. The van der Waals surface area contributed by atoms with Gasteiger partial charge in [0, 0.05) is 35.1 Å². The van der Waals surface area contributed by atoms with Crippen LogP contribution in [0.5, 0.6) is 34.5 Å². The Morgan fingerprint density at radius 1 is 0.422 bits per heavy atom. The Balaban J connectivity index is 0.893. The molecule has 434 valence electrons. The number of rotatable bonds is 33. The number of aromatic nitrogens is 2. The number of benzene rings is 6. The maximum atomic E-state index is 13.6. The van der Waals surface area contributed by atoms with Crippen molar-refractivity contribution in [3.05, 3.63) is 147 Å². The highest BCUT2D eigenvalue weighted by atomic mass is 16.6. The van der Waals surface area contributed by atoms with Crippen molar-refractivity contribution in [1.82, 2.24) is 9.97 Å². The van der Waals surface area contributed by atoms with E-state index in [1.165, 1.54) is 0 Å². The molecule has 0 radical (unpaired) electrons. The first-order valence-electron chi connectivity index (χ1n) is 28.3. The number of fused-ring (bicyclic) bond motifs is 7. The van der Waals surface area contributed by atoms with Crippen LogP contribution in [0, 0.1) is 11.8 Å². The first-order valence-corrected chi connectivity index (χ1v) is 28.3. The van der Waals surface area contributed by atoms with Crippen molar-refractivity contribution in [2.75, 3.05) is 59.5 Å². The van der Waals surface area contributed by atoms with Crippen LogP contribution in [0.4, 0.5) is 0 Å². The molecule has 6 aromatic carbocycles. The minimum atomic E-state index is -0.537. The van der Waals surface area contributed by atoms with Gasteiger partial charge in [0.15, 0.2) is 0 Å². The second-order valence-corrected chi connectivity index (χ2v) is 19.9. The Kier molecular flexibility index (Phi) is 22.8. The van der Waals surface area contributed by atoms with Crippen LogP contribution >= 0.6 is 0 Å². The molecule has 0 saturated heterocycles. The van der Waals surface area contributed by atoms with Gasteiger partial charge in [-0.3, -0.25) is 4.79 Å². The Morgan fingerprint density at radius 2 is 0.892 bits per heavy atom. The molecular weight excluding hydrogens is 1060 g/mol. The second-order valence-electron chi connectivity index (χ2n) is 19.9. The van der Waals surface area contributed by atoms with Gasteiger partial charge in [0.25, 0.3) is 0 Å². The molecule has 8 rings (SSSR count). The normalized spacial score (nSPS) is 13.9. The lowest BCUT2D eigenvalue weighted by Crippen LogP contribution is -2.27. The summed E-state index contributed by atoms with van der Waals surface area (Å²) in [6.45, 7) is 13.3. The first-order chi connectivity index (χ1) is 40.6. The third-order valence-corrected chi connectivity index (χ3v) is 14.0. The van der Waals surface area contributed by atoms with Crippen LogP contribution in [-0.4, -0.2) is 99.3 Å². The Morgan fingerprint density at radius 3 is 1.49 bits per heavy atom. The molecule has 1 aliphatic carbocycles. The van der Waals surface area contributed by atoms with E-state index in [2.05, 4.69) is 19.7 Å². The number of esters is 5. The SMILES string of the molecule is C=CC(=O)OCCCCCCOc1ccc(OC(=O)C2CCC(COc3ccc4c5ccc(OC(=O)c6ccc(OCCCCCCOC(=O)C=C)cc6)cc5c5nc6cc(OCCOCCOC(=O)C=C)ccc6nc5c4c3)CC2)cc1. The Bertz CT molecular complexity index is 3370.